The van der Waals surface area contributed by atoms with E-state index in [9.17, 15) is 13.2 Å². The molecule has 1 atom stereocenters. The molecule has 21 heavy (non-hydrogen) atoms. The third-order valence-electron chi connectivity index (χ3n) is 3.67. The molecule has 110 valence electrons. The lowest BCUT2D eigenvalue weighted by Gasteiger charge is -2.19. The number of para-hydroxylation sites is 1. The molecule has 1 aromatic carbocycles. The van der Waals surface area contributed by atoms with Gasteiger partial charge in [-0.15, -0.1) is 0 Å². The molecule has 0 radical (unpaired) electrons. The maximum absolute atomic E-state index is 12.2. The average molecular weight is 305 g/mol. The number of aryl methyl sites for hydroxylation is 1. The quantitative estimate of drug-likeness (QED) is 0.893. The van der Waals surface area contributed by atoms with Crippen LogP contribution < -0.4 is 10.0 Å². The number of nitrogens with two attached hydrogens (primary N) is 1. The van der Waals surface area contributed by atoms with Gasteiger partial charge in [-0.2, -0.15) is 0 Å². The smallest absolute Gasteiger partial charge is 0.228 e. The molecule has 2 aromatic rings. The maximum Gasteiger partial charge on any atom is 0.228 e. The molecule has 1 saturated heterocycles. The molecular formula is C14H15N3O3S. The predicted molar refractivity (Wildman–Crippen MR) is 80.3 cm³/mol. The molecule has 0 bridgehead atoms. The standard InChI is InChI=1S/C14H15N3O3S/c1-9-6-13(11-4-2-3-5-12(11)16-9)17-8-10(7-14(17)18)21(15,19)20/h2-6,10H,7-8H2,1H3,(H2,15,19,20). The van der Waals surface area contributed by atoms with Crippen LogP contribution in [0.25, 0.3) is 10.9 Å². The van der Waals surface area contributed by atoms with Crippen LogP contribution in [0.1, 0.15) is 12.1 Å². The first-order chi connectivity index (χ1) is 9.86. The van der Waals surface area contributed by atoms with Crippen LogP contribution in [0.2, 0.25) is 0 Å². The maximum atomic E-state index is 12.2. The molecule has 2 heterocycles. The van der Waals surface area contributed by atoms with Crippen LogP contribution >= 0.6 is 0 Å². The van der Waals surface area contributed by atoms with Crippen molar-refractivity contribution in [1.82, 2.24) is 4.98 Å². The Morgan fingerprint density at radius 1 is 1.33 bits per heavy atom. The second kappa shape index (κ2) is 4.78. The van der Waals surface area contributed by atoms with Crippen LogP contribution in [0, 0.1) is 6.92 Å². The zero-order valence-corrected chi connectivity index (χ0v) is 12.3. The van der Waals surface area contributed by atoms with Crippen molar-refractivity contribution in [2.75, 3.05) is 11.4 Å². The number of hydrogen-bond acceptors (Lipinski definition) is 4. The molecule has 1 aliphatic heterocycles. The molecule has 0 aliphatic carbocycles. The summed E-state index contributed by atoms with van der Waals surface area (Å²) in [5.41, 5.74) is 2.24. The van der Waals surface area contributed by atoms with E-state index in [0.717, 1.165) is 16.6 Å². The highest BCUT2D eigenvalue weighted by molar-refractivity contribution is 7.89. The normalized spacial score (nSPS) is 19.4. The molecule has 0 saturated carbocycles. The van der Waals surface area contributed by atoms with Crippen molar-refractivity contribution in [2.24, 2.45) is 5.14 Å². The molecule has 1 aliphatic rings. The monoisotopic (exact) mass is 305 g/mol. The Morgan fingerprint density at radius 2 is 2.05 bits per heavy atom. The third kappa shape index (κ3) is 2.50. The van der Waals surface area contributed by atoms with Crippen molar-refractivity contribution in [3.8, 4) is 0 Å². The summed E-state index contributed by atoms with van der Waals surface area (Å²) in [5.74, 6) is -0.232. The van der Waals surface area contributed by atoms with E-state index in [1.54, 1.807) is 6.07 Å². The van der Waals surface area contributed by atoms with Crippen LogP contribution in [0.3, 0.4) is 0 Å². The van der Waals surface area contributed by atoms with Crippen LogP contribution in [0.4, 0.5) is 5.69 Å². The van der Waals surface area contributed by atoms with Gasteiger partial charge in [0.25, 0.3) is 0 Å². The van der Waals surface area contributed by atoms with Gasteiger partial charge in [0.2, 0.25) is 15.9 Å². The van der Waals surface area contributed by atoms with E-state index in [-0.39, 0.29) is 18.9 Å². The minimum absolute atomic E-state index is 0.0749. The molecule has 1 amide bonds. The Balaban J connectivity index is 2.11. The van der Waals surface area contributed by atoms with E-state index in [2.05, 4.69) is 4.98 Å². The molecule has 0 spiro atoms. The number of rotatable bonds is 2. The van der Waals surface area contributed by atoms with Crippen molar-refractivity contribution in [1.29, 1.82) is 0 Å². The van der Waals surface area contributed by atoms with Gasteiger partial charge in [-0.1, -0.05) is 18.2 Å². The number of primary sulfonamides is 1. The van der Waals surface area contributed by atoms with Gasteiger partial charge >= 0.3 is 0 Å². The van der Waals surface area contributed by atoms with E-state index in [4.69, 9.17) is 5.14 Å². The van der Waals surface area contributed by atoms with Crippen molar-refractivity contribution >= 4 is 32.5 Å². The molecule has 1 aromatic heterocycles. The third-order valence-corrected chi connectivity index (χ3v) is 4.91. The topological polar surface area (TPSA) is 93.4 Å². The number of nitrogens with zero attached hydrogens (tertiary/aromatic N) is 2. The molecule has 6 nitrogen and oxygen atoms in total. The summed E-state index contributed by atoms with van der Waals surface area (Å²) in [4.78, 5) is 18.1. The van der Waals surface area contributed by atoms with Crippen molar-refractivity contribution in [2.45, 2.75) is 18.6 Å². The number of hydrogen-bond donors (Lipinski definition) is 1. The summed E-state index contributed by atoms with van der Waals surface area (Å²) in [7, 11) is -3.72. The first-order valence-corrected chi connectivity index (χ1v) is 8.15. The lowest BCUT2D eigenvalue weighted by molar-refractivity contribution is -0.117. The largest absolute Gasteiger partial charge is 0.310 e. The summed E-state index contributed by atoms with van der Waals surface area (Å²) in [6.45, 7) is 1.93. The van der Waals surface area contributed by atoms with Gasteiger partial charge in [0, 0.05) is 24.0 Å². The molecule has 3 rings (SSSR count). The number of pyridine rings is 1. The average Bonchev–Trinajstić information content (AvgIpc) is 2.79. The first kappa shape index (κ1) is 14.0. The number of fused-ring (bicyclic) bond motifs is 1. The predicted octanol–water partition coefficient (Wildman–Crippen LogP) is 0.937. The minimum atomic E-state index is -3.72. The van der Waals surface area contributed by atoms with E-state index in [1.807, 2.05) is 31.2 Å². The highest BCUT2D eigenvalue weighted by Crippen LogP contribution is 2.31. The lowest BCUT2D eigenvalue weighted by atomic mass is 10.1. The molecular weight excluding hydrogens is 290 g/mol. The number of amides is 1. The zero-order chi connectivity index (χ0) is 15.2. The Labute approximate surface area is 122 Å². The van der Waals surface area contributed by atoms with Crippen LogP contribution in [-0.2, 0) is 14.8 Å². The summed E-state index contributed by atoms with van der Waals surface area (Å²) >= 11 is 0. The Hall–Kier alpha value is -1.99. The van der Waals surface area contributed by atoms with E-state index < -0.39 is 15.3 Å². The van der Waals surface area contributed by atoms with Gasteiger partial charge in [0.15, 0.2) is 0 Å². The summed E-state index contributed by atoms with van der Waals surface area (Å²) < 4.78 is 22.9. The molecule has 1 fully saturated rings. The van der Waals surface area contributed by atoms with Crippen LogP contribution in [0.15, 0.2) is 30.3 Å². The van der Waals surface area contributed by atoms with E-state index >= 15 is 0 Å². The fourth-order valence-corrected chi connectivity index (χ4v) is 3.37. The second-order valence-corrected chi connectivity index (χ2v) is 7.06. The summed E-state index contributed by atoms with van der Waals surface area (Å²) in [6.07, 6.45) is -0.0749. The van der Waals surface area contributed by atoms with Crippen LogP contribution in [-0.4, -0.2) is 31.1 Å². The summed E-state index contributed by atoms with van der Waals surface area (Å²) in [6, 6.07) is 9.27. The Kier molecular flexibility index (Phi) is 3.18. The summed E-state index contributed by atoms with van der Waals surface area (Å²) in [5, 5.41) is 5.14. The number of benzene rings is 1. The van der Waals surface area contributed by atoms with Gasteiger partial charge in [0.1, 0.15) is 5.25 Å². The molecule has 7 heteroatoms. The number of aromatic nitrogens is 1. The Bertz CT molecular complexity index is 832. The van der Waals surface area contributed by atoms with Crippen molar-refractivity contribution in [3.05, 3.63) is 36.0 Å². The number of carbonyl (C=O) groups is 1. The van der Waals surface area contributed by atoms with Gasteiger partial charge in [0.05, 0.1) is 11.2 Å². The van der Waals surface area contributed by atoms with Gasteiger partial charge in [-0.3, -0.25) is 9.78 Å². The number of anilines is 1. The van der Waals surface area contributed by atoms with Crippen molar-refractivity contribution in [3.63, 3.8) is 0 Å². The minimum Gasteiger partial charge on any atom is -0.310 e. The number of carbonyl (C=O) groups excluding carboxylic acids is 1. The van der Waals surface area contributed by atoms with E-state index in [0.29, 0.717) is 5.69 Å². The Morgan fingerprint density at radius 3 is 2.71 bits per heavy atom. The van der Waals surface area contributed by atoms with Gasteiger partial charge in [-0.05, 0) is 19.1 Å². The first-order valence-electron chi connectivity index (χ1n) is 6.54. The lowest BCUT2D eigenvalue weighted by Crippen LogP contribution is -2.32. The fraction of sp³-hybridized carbons (Fsp3) is 0.286. The van der Waals surface area contributed by atoms with Crippen LogP contribution in [0.5, 0.6) is 0 Å². The SMILES string of the molecule is Cc1cc(N2CC(S(N)(=O)=O)CC2=O)c2ccccc2n1. The molecule has 2 N–H and O–H groups in total. The highest BCUT2D eigenvalue weighted by Gasteiger charge is 2.37. The fourth-order valence-electron chi connectivity index (χ4n) is 2.64. The second-order valence-electron chi connectivity index (χ2n) is 5.22. The van der Waals surface area contributed by atoms with E-state index in [1.165, 1.54) is 4.90 Å². The zero-order valence-electron chi connectivity index (χ0n) is 11.5. The van der Waals surface area contributed by atoms with Gasteiger partial charge < -0.3 is 4.90 Å². The molecule has 1 unspecified atom stereocenters. The van der Waals surface area contributed by atoms with Crippen molar-refractivity contribution < 1.29 is 13.2 Å². The van der Waals surface area contributed by atoms with Gasteiger partial charge in [-0.25, -0.2) is 13.6 Å². The highest BCUT2D eigenvalue weighted by atomic mass is 32.2. The number of sulfonamides is 1.